The predicted octanol–water partition coefficient (Wildman–Crippen LogP) is 0.958. The van der Waals surface area contributed by atoms with Gasteiger partial charge in [0.1, 0.15) is 11.3 Å². The number of hydrogen-bond donors (Lipinski definition) is 1. The van der Waals surface area contributed by atoms with E-state index >= 15 is 0 Å². The first-order valence-corrected chi connectivity index (χ1v) is 7.47. The zero-order valence-corrected chi connectivity index (χ0v) is 12.6. The summed E-state index contributed by atoms with van der Waals surface area (Å²) in [5.74, 6) is -0.425. The first kappa shape index (κ1) is 14.2. The number of carbonyl (C=O) groups is 1. The van der Waals surface area contributed by atoms with Gasteiger partial charge in [0.15, 0.2) is 0 Å². The first-order valence-electron chi connectivity index (χ1n) is 6.53. The molecular formula is C14H13N5O2S. The van der Waals surface area contributed by atoms with Gasteiger partial charge in [0, 0.05) is 18.6 Å². The van der Waals surface area contributed by atoms with Gasteiger partial charge in [0.2, 0.25) is 0 Å². The summed E-state index contributed by atoms with van der Waals surface area (Å²) < 4.78 is 3.00. The second kappa shape index (κ2) is 5.94. The molecule has 112 valence electrons. The van der Waals surface area contributed by atoms with Gasteiger partial charge in [0.25, 0.3) is 11.5 Å². The van der Waals surface area contributed by atoms with E-state index in [0.29, 0.717) is 5.69 Å². The van der Waals surface area contributed by atoms with Crippen molar-refractivity contribution < 1.29 is 4.79 Å². The molecule has 0 bridgehead atoms. The van der Waals surface area contributed by atoms with Gasteiger partial charge < -0.3 is 9.88 Å². The number of aryl methyl sites for hydroxylation is 1. The van der Waals surface area contributed by atoms with Crippen LogP contribution in [0.15, 0.2) is 46.1 Å². The molecule has 0 saturated carbocycles. The molecule has 0 aliphatic carbocycles. The van der Waals surface area contributed by atoms with Crippen LogP contribution in [0.25, 0.3) is 5.69 Å². The maximum atomic E-state index is 12.0. The van der Waals surface area contributed by atoms with E-state index in [0.717, 1.165) is 5.69 Å². The Hall–Kier alpha value is -2.74. The summed E-state index contributed by atoms with van der Waals surface area (Å²) in [6.07, 6.45) is 3.34. The third kappa shape index (κ3) is 2.82. The number of hydrogen-bond acceptors (Lipinski definition) is 5. The zero-order chi connectivity index (χ0) is 15.5. The average molecular weight is 315 g/mol. The van der Waals surface area contributed by atoms with Crippen LogP contribution in [0.4, 0.5) is 0 Å². The fraction of sp³-hybridized carbons (Fsp3) is 0.143. The number of aromatic nitrogens is 4. The van der Waals surface area contributed by atoms with Crippen molar-refractivity contribution in [3.8, 4) is 5.69 Å². The molecule has 3 rings (SSSR count). The molecule has 0 spiro atoms. The van der Waals surface area contributed by atoms with E-state index in [1.165, 1.54) is 10.6 Å². The summed E-state index contributed by atoms with van der Waals surface area (Å²) in [5.41, 5.74) is 1.32. The smallest absolute Gasteiger partial charge is 0.263 e. The van der Waals surface area contributed by atoms with Crippen LogP contribution in [-0.4, -0.2) is 25.5 Å². The fourth-order valence-corrected chi connectivity index (χ4v) is 2.55. The Morgan fingerprint density at radius 3 is 3.05 bits per heavy atom. The summed E-state index contributed by atoms with van der Waals surface area (Å²) in [5, 5.41) is 14.6. The van der Waals surface area contributed by atoms with Gasteiger partial charge in [-0.1, -0.05) is 5.21 Å². The number of amides is 1. The molecule has 7 nitrogen and oxygen atoms in total. The summed E-state index contributed by atoms with van der Waals surface area (Å²) in [7, 11) is 1.60. The Kier molecular flexibility index (Phi) is 3.84. The lowest BCUT2D eigenvalue weighted by atomic mass is 10.2. The fourth-order valence-electron chi connectivity index (χ4n) is 1.93. The number of pyridine rings is 1. The molecule has 22 heavy (non-hydrogen) atoms. The van der Waals surface area contributed by atoms with Crippen molar-refractivity contribution >= 4 is 17.2 Å². The molecule has 0 fully saturated rings. The normalized spacial score (nSPS) is 10.6. The monoisotopic (exact) mass is 315 g/mol. The lowest BCUT2D eigenvalue weighted by Gasteiger charge is -2.03. The number of nitrogens with one attached hydrogen (secondary N) is 1. The second-order valence-electron chi connectivity index (χ2n) is 4.66. The lowest BCUT2D eigenvalue weighted by molar-refractivity contribution is 0.0948. The number of thiophene rings is 1. The van der Waals surface area contributed by atoms with Crippen LogP contribution >= 0.6 is 11.3 Å². The Bertz CT molecular complexity index is 850. The van der Waals surface area contributed by atoms with E-state index < -0.39 is 5.91 Å². The number of rotatable bonds is 4. The molecule has 3 aromatic rings. The van der Waals surface area contributed by atoms with E-state index in [9.17, 15) is 9.59 Å². The summed E-state index contributed by atoms with van der Waals surface area (Å²) >= 11 is 1.57. The van der Waals surface area contributed by atoms with Crippen LogP contribution in [0.3, 0.4) is 0 Å². The Morgan fingerprint density at radius 1 is 1.41 bits per heavy atom. The minimum absolute atomic E-state index is 0.107. The molecule has 0 saturated heterocycles. The van der Waals surface area contributed by atoms with Gasteiger partial charge in [-0.3, -0.25) is 9.59 Å². The summed E-state index contributed by atoms with van der Waals surface area (Å²) in [4.78, 5) is 23.9. The molecule has 0 aliphatic heterocycles. The van der Waals surface area contributed by atoms with Crippen molar-refractivity contribution in [2.75, 3.05) is 0 Å². The van der Waals surface area contributed by atoms with Gasteiger partial charge in [-0.05, 0) is 23.6 Å². The van der Waals surface area contributed by atoms with Gasteiger partial charge in [-0.2, -0.15) is 11.3 Å². The van der Waals surface area contributed by atoms with Gasteiger partial charge in [-0.15, -0.1) is 5.10 Å². The van der Waals surface area contributed by atoms with Crippen LogP contribution < -0.4 is 10.9 Å². The minimum Gasteiger partial charge on any atom is -0.346 e. The predicted molar refractivity (Wildman–Crippen MR) is 82.1 cm³/mol. The highest BCUT2D eigenvalue weighted by atomic mass is 32.1. The highest BCUT2D eigenvalue weighted by Gasteiger charge is 2.11. The van der Waals surface area contributed by atoms with Crippen LogP contribution in [0.2, 0.25) is 0 Å². The van der Waals surface area contributed by atoms with Crippen molar-refractivity contribution in [2.24, 2.45) is 7.05 Å². The van der Waals surface area contributed by atoms with Crippen LogP contribution in [-0.2, 0) is 13.6 Å². The maximum Gasteiger partial charge on any atom is 0.263 e. The minimum atomic E-state index is -0.425. The van der Waals surface area contributed by atoms with Gasteiger partial charge in [-0.25, -0.2) is 4.68 Å². The summed E-state index contributed by atoms with van der Waals surface area (Å²) in [6.45, 7) is 0.209. The largest absolute Gasteiger partial charge is 0.346 e. The Morgan fingerprint density at radius 2 is 2.27 bits per heavy atom. The van der Waals surface area contributed by atoms with Crippen molar-refractivity contribution in [3.05, 3.63) is 63.0 Å². The number of nitrogens with zero attached hydrogens (tertiary/aromatic N) is 4. The van der Waals surface area contributed by atoms with Crippen molar-refractivity contribution in [1.29, 1.82) is 0 Å². The molecular weight excluding hydrogens is 302 g/mol. The Labute approximate surface area is 129 Å². The molecule has 3 aromatic heterocycles. The number of carbonyl (C=O) groups excluding carboxylic acids is 1. The standard InChI is InChI=1S/C14H13N5O2S/c1-18-5-2-3-12(14(18)21)13(20)15-7-10-8-19(17-16-10)11-4-6-22-9-11/h2-6,8-9H,7H2,1H3,(H,15,20). The molecule has 0 atom stereocenters. The third-order valence-corrected chi connectivity index (χ3v) is 3.78. The van der Waals surface area contributed by atoms with Gasteiger partial charge >= 0.3 is 0 Å². The second-order valence-corrected chi connectivity index (χ2v) is 5.44. The highest BCUT2D eigenvalue weighted by molar-refractivity contribution is 7.08. The molecule has 1 N–H and O–H groups in total. The topological polar surface area (TPSA) is 81.8 Å². The molecule has 1 amide bonds. The summed E-state index contributed by atoms with van der Waals surface area (Å²) in [6, 6.07) is 5.08. The van der Waals surface area contributed by atoms with Gasteiger partial charge in [0.05, 0.1) is 18.4 Å². The molecule has 0 aliphatic rings. The van der Waals surface area contributed by atoms with Crippen molar-refractivity contribution in [3.63, 3.8) is 0 Å². The lowest BCUT2D eigenvalue weighted by Crippen LogP contribution is -2.31. The van der Waals surface area contributed by atoms with E-state index in [4.69, 9.17) is 0 Å². The molecule has 0 aromatic carbocycles. The Balaban J connectivity index is 1.69. The molecule has 3 heterocycles. The van der Waals surface area contributed by atoms with E-state index in [1.54, 1.807) is 41.5 Å². The molecule has 0 unspecified atom stereocenters. The highest BCUT2D eigenvalue weighted by Crippen LogP contribution is 2.10. The van der Waals surface area contributed by atoms with E-state index in [1.807, 2.05) is 16.8 Å². The van der Waals surface area contributed by atoms with Crippen molar-refractivity contribution in [2.45, 2.75) is 6.54 Å². The third-order valence-electron chi connectivity index (χ3n) is 3.11. The van der Waals surface area contributed by atoms with Crippen LogP contribution in [0.1, 0.15) is 16.1 Å². The molecule has 8 heteroatoms. The van der Waals surface area contributed by atoms with E-state index in [-0.39, 0.29) is 17.7 Å². The van der Waals surface area contributed by atoms with Crippen LogP contribution in [0.5, 0.6) is 0 Å². The first-order chi connectivity index (χ1) is 10.6. The van der Waals surface area contributed by atoms with E-state index in [2.05, 4.69) is 15.6 Å². The quantitative estimate of drug-likeness (QED) is 0.777. The maximum absolute atomic E-state index is 12.0. The SMILES string of the molecule is Cn1cccc(C(=O)NCc2cn(-c3ccsc3)nn2)c1=O. The zero-order valence-electron chi connectivity index (χ0n) is 11.8. The molecule has 0 radical (unpaired) electrons. The average Bonchev–Trinajstić information content (AvgIpc) is 3.18. The van der Waals surface area contributed by atoms with Crippen LogP contribution in [0, 0.1) is 0 Å². The van der Waals surface area contributed by atoms with Crippen molar-refractivity contribution in [1.82, 2.24) is 24.9 Å².